The maximum absolute atomic E-state index is 11.1. The van der Waals surface area contributed by atoms with E-state index in [4.69, 9.17) is 5.73 Å². The molecule has 1 atom stereocenters. The molecule has 0 amide bonds. The Kier molecular flexibility index (Phi) is 3.87. The van der Waals surface area contributed by atoms with Crippen LogP contribution in [0, 0.1) is 3.70 Å². The van der Waals surface area contributed by atoms with Crippen LogP contribution in [0.15, 0.2) is 6.33 Å². The first-order valence-electron chi connectivity index (χ1n) is 4.05. The highest BCUT2D eigenvalue weighted by atomic mass is 127. The van der Waals surface area contributed by atoms with Crippen molar-refractivity contribution in [3.8, 4) is 0 Å². The Morgan fingerprint density at radius 2 is 2.50 bits per heavy atom. The molecule has 0 fully saturated rings. The zero-order chi connectivity index (χ0) is 10.7. The van der Waals surface area contributed by atoms with Crippen molar-refractivity contribution in [1.82, 2.24) is 9.55 Å². The van der Waals surface area contributed by atoms with Gasteiger partial charge in [0.15, 0.2) is 0 Å². The lowest BCUT2D eigenvalue weighted by Crippen LogP contribution is -2.34. The fourth-order valence-electron chi connectivity index (χ4n) is 1.10. The summed E-state index contributed by atoms with van der Waals surface area (Å²) in [6.45, 7) is 0. The highest BCUT2D eigenvalue weighted by Crippen LogP contribution is 2.11. The van der Waals surface area contributed by atoms with Gasteiger partial charge in [-0.3, -0.25) is 4.79 Å². The number of rotatable bonds is 3. The molecule has 5 nitrogen and oxygen atoms in total. The lowest BCUT2D eigenvalue weighted by atomic mass is 10.2. The Balaban J connectivity index is 2.73. The molecule has 0 spiro atoms. The van der Waals surface area contributed by atoms with Crippen molar-refractivity contribution in [2.75, 3.05) is 7.11 Å². The minimum atomic E-state index is -0.621. The number of ether oxygens (including phenoxy) is 1. The average molecular weight is 309 g/mol. The first-order chi connectivity index (χ1) is 6.56. The molecule has 1 aromatic heterocycles. The van der Waals surface area contributed by atoms with Crippen LogP contribution in [0.3, 0.4) is 0 Å². The topological polar surface area (TPSA) is 70.1 Å². The minimum absolute atomic E-state index is 0.401. The van der Waals surface area contributed by atoms with Crippen molar-refractivity contribution in [1.29, 1.82) is 0 Å². The normalized spacial score (nSPS) is 12.6. The fourth-order valence-corrected chi connectivity index (χ4v) is 1.82. The number of imidazole rings is 1. The standard InChI is InChI=1S/C8H12IN3O2/c1-12-4-11-7(9)6(12)3-5(10)8(13)14-2/h4-5H,3,10H2,1-2H3. The van der Waals surface area contributed by atoms with E-state index in [2.05, 4.69) is 32.3 Å². The van der Waals surface area contributed by atoms with Crippen molar-refractivity contribution in [2.45, 2.75) is 12.5 Å². The van der Waals surface area contributed by atoms with Crippen LogP contribution in [0.4, 0.5) is 0 Å². The van der Waals surface area contributed by atoms with Crippen molar-refractivity contribution >= 4 is 28.6 Å². The molecule has 14 heavy (non-hydrogen) atoms. The SMILES string of the molecule is COC(=O)C(N)Cc1c(I)ncn1C. The molecule has 1 rings (SSSR count). The minimum Gasteiger partial charge on any atom is -0.468 e. The van der Waals surface area contributed by atoms with E-state index >= 15 is 0 Å². The summed E-state index contributed by atoms with van der Waals surface area (Å²) in [5, 5.41) is 0. The number of aromatic nitrogens is 2. The van der Waals surface area contributed by atoms with E-state index in [0.717, 1.165) is 9.39 Å². The van der Waals surface area contributed by atoms with Gasteiger partial charge in [0.05, 0.1) is 19.1 Å². The van der Waals surface area contributed by atoms with Gasteiger partial charge in [-0.1, -0.05) is 0 Å². The third-order valence-corrected chi connectivity index (χ3v) is 2.83. The number of hydrogen-bond donors (Lipinski definition) is 1. The third-order valence-electron chi connectivity index (χ3n) is 1.93. The molecule has 78 valence electrons. The summed E-state index contributed by atoms with van der Waals surface area (Å²) in [5.41, 5.74) is 6.59. The number of nitrogens with two attached hydrogens (primary N) is 1. The van der Waals surface area contributed by atoms with Gasteiger partial charge in [-0.05, 0) is 22.6 Å². The van der Waals surface area contributed by atoms with Gasteiger partial charge in [0.2, 0.25) is 0 Å². The van der Waals surface area contributed by atoms with E-state index in [0.29, 0.717) is 6.42 Å². The Bertz CT molecular complexity index is 318. The summed E-state index contributed by atoms with van der Waals surface area (Å²) in [4.78, 5) is 15.2. The Morgan fingerprint density at radius 1 is 1.86 bits per heavy atom. The molecule has 0 saturated carbocycles. The predicted octanol–water partition coefficient (Wildman–Crippen LogP) is 0.0675. The molecule has 1 unspecified atom stereocenters. The zero-order valence-electron chi connectivity index (χ0n) is 8.03. The van der Waals surface area contributed by atoms with E-state index in [9.17, 15) is 4.79 Å². The van der Waals surface area contributed by atoms with Crippen LogP contribution in [0.25, 0.3) is 0 Å². The summed E-state index contributed by atoms with van der Waals surface area (Å²) in [6, 6.07) is -0.621. The Labute approximate surface area is 95.8 Å². The second-order valence-corrected chi connectivity index (χ2v) is 3.95. The van der Waals surface area contributed by atoms with Crippen LogP contribution >= 0.6 is 22.6 Å². The van der Waals surface area contributed by atoms with E-state index < -0.39 is 12.0 Å². The molecular formula is C8H12IN3O2. The van der Waals surface area contributed by atoms with Gasteiger partial charge in [0, 0.05) is 13.5 Å². The van der Waals surface area contributed by atoms with E-state index in [1.165, 1.54) is 7.11 Å². The summed E-state index contributed by atoms with van der Waals surface area (Å²) >= 11 is 2.11. The number of nitrogens with zero attached hydrogens (tertiary/aromatic N) is 2. The van der Waals surface area contributed by atoms with Gasteiger partial charge in [-0.15, -0.1) is 0 Å². The van der Waals surface area contributed by atoms with E-state index in [1.54, 1.807) is 6.33 Å². The van der Waals surface area contributed by atoms with Crippen LogP contribution in [-0.2, 0) is 23.0 Å². The maximum atomic E-state index is 11.1. The second-order valence-electron chi connectivity index (χ2n) is 2.93. The largest absolute Gasteiger partial charge is 0.468 e. The Morgan fingerprint density at radius 3 is 2.93 bits per heavy atom. The molecule has 0 aliphatic heterocycles. The number of halogens is 1. The van der Waals surface area contributed by atoms with Gasteiger partial charge >= 0.3 is 5.97 Å². The lowest BCUT2D eigenvalue weighted by Gasteiger charge is -2.09. The summed E-state index contributed by atoms with van der Waals surface area (Å²) in [5.74, 6) is -0.401. The maximum Gasteiger partial charge on any atom is 0.323 e. The van der Waals surface area contributed by atoms with Gasteiger partial charge in [0.1, 0.15) is 9.74 Å². The lowest BCUT2D eigenvalue weighted by molar-refractivity contribution is -0.142. The number of aryl methyl sites for hydroxylation is 1. The van der Waals surface area contributed by atoms with Crippen molar-refractivity contribution < 1.29 is 9.53 Å². The highest BCUT2D eigenvalue weighted by Gasteiger charge is 2.17. The fraction of sp³-hybridized carbons (Fsp3) is 0.500. The van der Waals surface area contributed by atoms with Gasteiger partial charge in [-0.25, -0.2) is 4.98 Å². The first-order valence-corrected chi connectivity index (χ1v) is 5.13. The number of methoxy groups -OCH3 is 1. The van der Waals surface area contributed by atoms with E-state index in [-0.39, 0.29) is 0 Å². The summed E-state index contributed by atoms with van der Waals surface area (Å²) in [6.07, 6.45) is 2.14. The smallest absolute Gasteiger partial charge is 0.323 e. The van der Waals surface area contributed by atoms with E-state index in [1.807, 2.05) is 11.6 Å². The second kappa shape index (κ2) is 4.74. The molecule has 0 saturated heterocycles. The number of hydrogen-bond acceptors (Lipinski definition) is 4. The molecule has 1 aromatic rings. The summed E-state index contributed by atoms with van der Waals surface area (Å²) < 4.78 is 7.26. The predicted molar refractivity (Wildman–Crippen MR) is 59.6 cm³/mol. The molecule has 0 aliphatic rings. The summed E-state index contributed by atoms with van der Waals surface area (Å²) in [7, 11) is 3.20. The van der Waals surface area contributed by atoms with Gasteiger partial charge in [-0.2, -0.15) is 0 Å². The van der Waals surface area contributed by atoms with Crippen LogP contribution in [0.2, 0.25) is 0 Å². The van der Waals surface area contributed by atoms with Gasteiger partial charge < -0.3 is 15.0 Å². The van der Waals surface area contributed by atoms with Crippen LogP contribution in [-0.4, -0.2) is 28.7 Å². The number of esters is 1. The van der Waals surface area contributed by atoms with Gasteiger partial charge in [0.25, 0.3) is 0 Å². The third kappa shape index (κ3) is 2.44. The molecule has 2 N–H and O–H groups in total. The number of carbonyl (C=O) groups is 1. The first kappa shape index (κ1) is 11.4. The van der Waals surface area contributed by atoms with Crippen LogP contribution < -0.4 is 5.73 Å². The zero-order valence-corrected chi connectivity index (χ0v) is 10.2. The van der Waals surface area contributed by atoms with Crippen LogP contribution in [0.1, 0.15) is 5.69 Å². The average Bonchev–Trinajstić information content (AvgIpc) is 2.48. The quantitative estimate of drug-likeness (QED) is 0.633. The number of carbonyl (C=O) groups excluding carboxylic acids is 1. The molecule has 1 heterocycles. The molecular weight excluding hydrogens is 297 g/mol. The molecule has 0 radical (unpaired) electrons. The molecule has 6 heteroatoms. The van der Waals surface area contributed by atoms with Crippen molar-refractivity contribution in [3.63, 3.8) is 0 Å². The van der Waals surface area contributed by atoms with Crippen LogP contribution in [0.5, 0.6) is 0 Å². The molecule has 0 bridgehead atoms. The highest BCUT2D eigenvalue weighted by molar-refractivity contribution is 14.1. The molecule has 0 aliphatic carbocycles. The molecule has 0 aromatic carbocycles. The Hall–Kier alpha value is -0.630. The van der Waals surface area contributed by atoms with Crippen molar-refractivity contribution in [3.05, 3.63) is 15.7 Å². The monoisotopic (exact) mass is 309 g/mol. The van der Waals surface area contributed by atoms with Crippen molar-refractivity contribution in [2.24, 2.45) is 12.8 Å².